The fourth-order valence-corrected chi connectivity index (χ4v) is 1.72. The number of likely N-dealkylation sites (N-methyl/N-ethyl adjacent to an activating group) is 1. The van der Waals surface area contributed by atoms with E-state index < -0.39 is 0 Å². The largest absolute Gasteiger partial charge is 0.374 e. The van der Waals surface area contributed by atoms with Gasteiger partial charge in [-0.15, -0.1) is 0 Å². The first-order chi connectivity index (χ1) is 7.19. The third-order valence-electron chi connectivity index (χ3n) is 2.71. The van der Waals surface area contributed by atoms with Crippen molar-refractivity contribution >= 4 is 5.91 Å². The van der Waals surface area contributed by atoms with Crippen LogP contribution in [0.25, 0.3) is 0 Å². The number of nitrogens with two attached hydrogens (primary N) is 1. The number of rotatable bonds is 4. The SMILES string of the molecule is CCNC(=O)C(C)N1CCOC(CN)C1. The third-order valence-corrected chi connectivity index (χ3v) is 2.71. The van der Waals surface area contributed by atoms with E-state index >= 15 is 0 Å². The molecule has 1 heterocycles. The molecule has 2 atom stereocenters. The topological polar surface area (TPSA) is 67.6 Å². The van der Waals surface area contributed by atoms with Gasteiger partial charge in [-0.3, -0.25) is 9.69 Å². The highest BCUT2D eigenvalue weighted by Gasteiger charge is 2.26. The average molecular weight is 215 g/mol. The van der Waals surface area contributed by atoms with Crippen LogP contribution in [0.3, 0.4) is 0 Å². The minimum Gasteiger partial charge on any atom is -0.374 e. The highest BCUT2D eigenvalue weighted by molar-refractivity contribution is 5.81. The first-order valence-corrected chi connectivity index (χ1v) is 5.52. The van der Waals surface area contributed by atoms with Crippen LogP contribution in [0.4, 0.5) is 0 Å². The molecule has 2 unspecified atom stereocenters. The van der Waals surface area contributed by atoms with Gasteiger partial charge in [0.15, 0.2) is 0 Å². The second kappa shape index (κ2) is 6.05. The van der Waals surface area contributed by atoms with Crippen LogP contribution < -0.4 is 11.1 Å². The van der Waals surface area contributed by atoms with Crippen molar-refractivity contribution < 1.29 is 9.53 Å². The first kappa shape index (κ1) is 12.4. The second-order valence-corrected chi connectivity index (χ2v) is 3.79. The number of amides is 1. The van der Waals surface area contributed by atoms with Gasteiger partial charge in [-0.2, -0.15) is 0 Å². The molecule has 1 aliphatic heterocycles. The summed E-state index contributed by atoms with van der Waals surface area (Å²) >= 11 is 0. The average Bonchev–Trinajstić information content (AvgIpc) is 2.28. The minimum atomic E-state index is -0.0945. The molecule has 15 heavy (non-hydrogen) atoms. The maximum Gasteiger partial charge on any atom is 0.237 e. The van der Waals surface area contributed by atoms with E-state index in [1.165, 1.54) is 0 Å². The molecule has 1 amide bonds. The molecule has 1 saturated heterocycles. The summed E-state index contributed by atoms with van der Waals surface area (Å²) in [6.45, 7) is 7.23. The van der Waals surface area contributed by atoms with E-state index in [1.54, 1.807) is 0 Å². The van der Waals surface area contributed by atoms with Gasteiger partial charge < -0.3 is 15.8 Å². The summed E-state index contributed by atoms with van der Waals surface area (Å²) in [4.78, 5) is 13.7. The summed E-state index contributed by atoms with van der Waals surface area (Å²) in [7, 11) is 0. The Hall–Kier alpha value is -0.650. The van der Waals surface area contributed by atoms with Crippen molar-refractivity contribution in [2.45, 2.75) is 26.0 Å². The number of nitrogens with one attached hydrogen (secondary N) is 1. The molecule has 0 aromatic heterocycles. The molecule has 0 saturated carbocycles. The Morgan fingerprint density at radius 2 is 2.47 bits per heavy atom. The highest BCUT2D eigenvalue weighted by atomic mass is 16.5. The molecule has 5 nitrogen and oxygen atoms in total. The smallest absolute Gasteiger partial charge is 0.237 e. The normalized spacial score (nSPS) is 24.9. The molecule has 1 aliphatic rings. The molecule has 0 aliphatic carbocycles. The van der Waals surface area contributed by atoms with Gasteiger partial charge in [-0.05, 0) is 13.8 Å². The number of morpholine rings is 1. The van der Waals surface area contributed by atoms with Crippen LogP contribution in [0, 0.1) is 0 Å². The van der Waals surface area contributed by atoms with E-state index in [4.69, 9.17) is 10.5 Å². The zero-order chi connectivity index (χ0) is 11.3. The molecule has 0 radical (unpaired) electrons. The van der Waals surface area contributed by atoms with E-state index in [0.29, 0.717) is 19.7 Å². The predicted molar refractivity (Wildman–Crippen MR) is 58.5 cm³/mol. The van der Waals surface area contributed by atoms with Gasteiger partial charge in [0.05, 0.1) is 18.8 Å². The zero-order valence-corrected chi connectivity index (χ0v) is 9.53. The molecule has 0 aromatic carbocycles. The van der Waals surface area contributed by atoms with Crippen LogP contribution in [0.15, 0.2) is 0 Å². The second-order valence-electron chi connectivity index (χ2n) is 3.79. The summed E-state index contributed by atoms with van der Waals surface area (Å²) in [5.74, 6) is 0.0789. The van der Waals surface area contributed by atoms with Crippen LogP contribution in [0.5, 0.6) is 0 Å². The number of nitrogens with zero attached hydrogens (tertiary/aromatic N) is 1. The molecule has 0 aromatic rings. The van der Waals surface area contributed by atoms with E-state index in [-0.39, 0.29) is 18.1 Å². The summed E-state index contributed by atoms with van der Waals surface area (Å²) < 4.78 is 5.45. The van der Waals surface area contributed by atoms with E-state index in [1.807, 2.05) is 13.8 Å². The summed E-state index contributed by atoms with van der Waals surface area (Å²) in [6, 6.07) is -0.0945. The summed E-state index contributed by atoms with van der Waals surface area (Å²) in [6.07, 6.45) is 0.0654. The Bertz CT molecular complexity index is 211. The predicted octanol–water partition coefficient (Wildman–Crippen LogP) is -0.829. The van der Waals surface area contributed by atoms with Crippen molar-refractivity contribution in [3.05, 3.63) is 0 Å². The maximum atomic E-state index is 11.6. The lowest BCUT2D eigenvalue weighted by molar-refractivity contribution is -0.128. The van der Waals surface area contributed by atoms with Crippen LogP contribution in [-0.2, 0) is 9.53 Å². The first-order valence-electron chi connectivity index (χ1n) is 5.52. The van der Waals surface area contributed by atoms with Crippen molar-refractivity contribution in [1.29, 1.82) is 0 Å². The maximum absolute atomic E-state index is 11.6. The lowest BCUT2D eigenvalue weighted by Gasteiger charge is -2.35. The van der Waals surface area contributed by atoms with E-state index in [0.717, 1.165) is 13.1 Å². The Kier molecular flexibility index (Phi) is 5.01. The molecule has 1 fully saturated rings. The van der Waals surface area contributed by atoms with Crippen LogP contribution >= 0.6 is 0 Å². The van der Waals surface area contributed by atoms with Crippen molar-refractivity contribution in [3.8, 4) is 0 Å². The van der Waals surface area contributed by atoms with E-state index in [2.05, 4.69) is 10.2 Å². The molecule has 5 heteroatoms. The monoisotopic (exact) mass is 215 g/mol. The number of hydrogen-bond donors (Lipinski definition) is 2. The standard InChI is InChI=1S/C10H21N3O2/c1-3-12-10(14)8(2)13-4-5-15-9(6-11)7-13/h8-9H,3-7,11H2,1-2H3,(H,12,14). The van der Waals surface area contributed by atoms with Gasteiger partial charge >= 0.3 is 0 Å². The van der Waals surface area contributed by atoms with Gasteiger partial charge in [0.2, 0.25) is 5.91 Å². The lowest BCUT2D eigenvalue weighted by atomic mass is 10.2. The van der Waals surface area contributed by atoms with E-state index in [9.17, 15) is 4.79 Å². The molecule has 1 rings (SSSR count). The van der Waals surface area contributed by atoms with Crippen LogP contribution in [-0.4, -0.2) is 55.7 Å². The van der Waals surface area contributed by atoms with Crippen molar-refractivity contribution in [1.82, 2.24) is 10.2 Å². The van der Waals surface area contributed by atoms with Gasteiger partial charge in [-0.1, -0.05) is 0 Å². The van der Waals surface area contributed by atoms with Gasteiger partial charge in [-0.25, -0.2) is 0 Å². The fraction of sp³-hybridized carbons (Fsp3) is 0.900. The fourth-order valence-electron chi connectivity index (χ4n) is 1.72. The van der Waals surface area contributed by atoms with Crippen molar-refractivity contribution in [2.75, 3.05) is 32.8 Å². The Morgan fingerprint density at radius 3 is 3.07 bits per heavy atom. The Balaban J connectivity index is 2.44. The lowest BCUT2D eigenvalue weighted by Crippen LogP contribution is -2.53. The molecule has 0 spiro atoms. The van der Waals surface area contributed by atoms with Crippen molar-refractivity contribution in [3.63, 3.8) is 0 Å². The number of hydrogen-bond acceptors (Lipinski definition) is 4. The Labute approximate surface area is 90.9 Å². The molecule has 0 bridgehead atoms. The van der Waals surface area contributed by atoms with Crippen LogP contribution in [0.2, 0.25) is 0 Å². The highest BCUT2D eigenvalue weighted by Crippen LogP contribution is 2.08. The summed E-state index contributed by atoms with van der Waals surface area (Å²) in [5.41, 5.74) is 5.55. The molecular formula is C10H21N3O2. The molecule has 88 valence electrons. The minimum absolute atomic E-state index is 0.0654. The van der Waals surface area contributed by atoms with Gasteiger partial charge in [0.1, 0.15) is 0 Å². The van der Waals surface area contributed by atoms with Crippen molar-refractivity contribution in [2.24, 2.45) is 5.73 Å². The third kappa shape index (κ3) is 3.44. The quantitative estimate of drug-likeness (QED) is 0.642. The van der Waals surface area contributed by atoms with Gasteiger partial charge in [0.25, 0.3) is 0 Å². The number of ether oxygens (including phenoxy) is 1. The number of carbonyl (C=O) groups excluding carboxylic acids is 1. The summed E-state index contributed by atoms with van der Waals surface area (Å²) in [5, 5.41) is 2.82. The molecule has 3 N–H and O–H groups in total. The number of carbonyl (C=O) groups is 1. The van der Waals surface area contributed by atoms with Gasteiger partial charge in [0, 0.05) is 26.2 Å². The van der Waals surface area contributed by atoms with Crippen LogP contribution in [0.1, 0.15) is 13.8 Å². The molecular weight excluding hydrogens is 194 g/mol. The zero-order valence-electron chi connectivity index (χ0n) is 9.53. The Morgan fingerprint density at radius 1 is 1.73 bits per heavy atom.